The van der Waals surface area contributed by atoms with Gasteiger partial charge in [-0.15, -0.1) is 11.3 Å². The Hall–Kier alpha value is -4.10. The summed E-state index contributed by atoms with van der Waals surface area (Å²) >= 11 is 1.57. The molecule has 6 nitrogen and oxygen atoms in total. The number of benzene rings is 2. The van der Waals surface area contributed by atoms with E-state index in [1.807, 2.05) is 54.1 Å². The van der Waals surface area contributed by atoms with Crippen molar-refractivity contribution in [3.8, 4) is 11.5 Å². The zero-order valence-electron chi connectivity index (χ0n) is 18.0. The van der Waals surface area contributed by atoms with Crippen LogP contribution in [0.2, 0.25) is 0 Å². The van der Waals surface area contributed by atoms with Gasteiger partial charge in [0.1, 0.15) is 23.1 Å². The molecule has 0 unspecified atom stereocenters. The first kappa shape index (κ1) is 20.8. The van der Waals surface area contributed by atoms with Gasteiger partial charge in [-0.1, -0.05) is 18.2 Å². The lowest BCUT2D eigenvalue weighted by Gasteiger charge is -2.09. The van der Waals surface area contributed by atoms with Gasteiger partial charge in [0.05, 0.1) is 18.5 Å². The van der Waals surface area contributed by atoms with Crippen LogP contribution in [-0.2, 0) is 6.61 Å². The maximum absolute atomic E-state index is 5.81. The number of thiazole rings is 1. The zero-order chi connectivity index (χ0) is 22.5. The average Bonchev–Trinajstić information content (AvgIpc) is 3.62. The summed E-state index contributed by atoms with van der Waals surface area (Å²) in [5, 5.41) is 11.5. The minimum Gasteiger partial charge on any atom is -0.496 e. The van der Waals surface area contributed by atoms with Gasteiger partial charge >= 0.3 is 0 Å². The average molecular weight is 455 g/mol. The molecule has 2 N–H and O–H groups in total. The van der Waals surface area contributed by atoms with Crippen molar-refractivity contribution >= 4 is 46.5 Å². The molecule has 2 aromatic carbocycles. The summed E-state index contributed by atoms with van der Waals surface area (Å²) in [5.74, 6) is 1.48. The molecule has 3 heterocycles. The molecule has 164 valence electrons. The van der Waals surface area contributed by atoms with Crippen LogP contribution in [0.1, 0.15) is 27.5 Å². The second-order valence-electron chi connectivity index (χ2n) is 7.36. The lowest BCUT2D eigenvalue weighted by Crippen LogP contribution is -1.95. The second-order valence-corrected chi connectivity index (χ2v) is 8.34. The van der Waals surface area contributed by atoms with Crippen LogP contribution in [0.3, 0.4) is 0 Å². The van der Waals surface area contributed by atoms with E-state index >= 15 is 0 Å². The van der Waals surface area contributed by atoms with E-state index in [9.17, 15) is 0 Å². The molecule has 33 heavy (non-hydrogen) atoms. The van der Waals surface area contributed by atoms with Crippen LogP contribution in [0.5, 0.6) is 11.5 Å². The Bertz CT molecular complexity index is 1410. The van der Waals surface area contributed by atoms with Gasteiger partial charge in [-0.25, -0.2) is 4.98 Å². The van der Waals surface area contributed by atoms with Gasteiger partial charge < -0.3 is 14.5 Å². The third-order valence-electron chi connectivity index (χ3n) is 5.14. The summed E-state index contributed by atoms with van der Waals surface area (Å²) in [6, 6.07) is 16.2. The number of hydrogen-bond donors (Lipinski definition) is 2. The molecule has 0 aliphatic rings. The monoisotopic (exact) mass is 454 g/mol. The van der Waals surface area contributed by atoms with Crippen LogP contribution < -0.4 is 9.47 Å². The molecule has 3 aromatic heterocycles. The summed E-state index contributed by atoms with van der Waals surface area (Å²) in [6.07, 6.45) is 11.7. The molecule has 0 aliphatic heterocycles. The Balaban J connectivity index is 1.25. The highest BCUT2D eigenvalue weighted by Crippen LogP contribution is 2.27. The van der Waals surface area contributed by atoms with Crippen molar-refractivity contribution in [1.29, 1.82) is 0 Å². The fraction of sp³-hybridized carbons (Fsp3) is 0.0769. The van der Waals surface area contributed by atoms with Gasteiger partial charge in [0.15, 0.2) is 0 Å². The molecule has 7 heteroatoms. The van der Waals surface area contributed by atoms with Gasteiger partial charge in [0.2, 0.25) is 0 Å². The normalized spacial score (nSPS) is 11.7. The summed E-state index contributed by atoms with van der Waals surface area (Å²) < 4.78 is 11.4. The van der Waals surface area contributed by atoms with E-state index < -0.39 is 0 Å². The van der Waals surface area contributed by atoms with E-state index in [1.165, 1.54) is 5.39 Å². The van der Waals surface area contributed by atoms with Crippen molar-refractivity contribution in [3.63, 3.8) is 0 Å². The first-order chi connectivity index (χ1) is 16.3. The van der Waals surface area contributed by atoms with Crippen LogP contribution in [0, 0.1) is 0 Å². The number of nitrogens with one attached hydrogen (secondary N) is 2. The van der Waals surface area contributed by atoms with E-state index in [0.717, 1.165) is 44.5 Å². The van der Waals surface area contributed by atoms with E-state index in [2.05, 4.69) is 50.5 Å². The first-order valence-electron chi connectivity index (χ1n) is 10.4. The van der Waals surface area contributed by atoms with Crippen molar-refractivity contribution in [2.75, 3.05) is 7.11 Å². The van der Waals surface area contributed by atoms with Gasteiger partial charge in [-0.3, -0.25) is 5.10 Å². The smallest absolute Gasteiger partial charge is 0.140 e. The van der Waals surface area contributed by atoms with Gasteiger partial charge in [0, 0.05) is 34.9 Å². The summed E-state index contributed by atoms with van der Waals surface area (Å²) in [7, 11) is 1.65. The summed E-state index contributed by atoms with van der Waals surface area (Å²) in [5.41, 5.74) is 4.95. The fourth-order valence-corrected chi connectivity index (χ4v) is 3.97. The third kappa shape index (κ3) is 5.05. The highest BCUT2D eigenvalue weighted by molar-refractivity contribution is 7.09. The minimum absolute atomic E-state index is 0.444. The number of hydrogen-bond acceptors (Lipinski definition) is 5. The molecule has 0 aliphatic carbocycles. The molecule has 0 fully saturated rings. The summed E-state index contributed by atoms with van der Waals surface area (Å²) in [4.78, 5) is 7.47. The number of methoxy groups -OCH3 is 1. The minimum atomic E-state index is 0.444. The molecule has 0 radical (unpaired) electrons. The second kappa shape index (κ2) is 9.58. The van der Waals surface area contributed by atoms with Crippen LogP contribution in [0.15, 0.2) is 66.3 Å². The molecule has 5 aromatic rings. The lowest BCUT2D eigenvalue weighted by atomic mass is 10.1. The molecule has 0 saturated heterocycles. The molecular formula is C26H22N4O2S. The molecule has 5 rings (SSSR count). The number of aromatic amines is 2. The van der Waals surface area contributed by atoms with Crippen LogP contribution in [0.4, 0.5) is 0 Å². The highest BCUT2D eigenvalue weighted by Gasteiger charge is 2.05. The topological polar surface area (TPSA) is 75.8 Å². The quantitative estimate of drug-likeness (QED) is 0.289. The molecule has 0 amide bonds. The molecule has 0 saturated carbocycles. The Morgan fingerprint density at radius 1 is 1.00 bits per heavy atom. The Kier molecular flexibility index (Phi) is 6.04. The van der Waals surface area contributed by atoms with Gasteiger partial charge in [0.25, 0.3) is 0 Å². The van der Waals surface area contributed by atoms with Crippen molar-refractivity contribution in [1.82, 2.24) is 20.2 Å². The molecule has 0 spiro atoms. The van der Waals surface area contributed by atoms with Crippen LogP contribution in [-0.4, -0.2) is 27.3 Å². The highest BCUT2D eigenvalue weighted by atomic mass is 32.1. The third-order valence-corrected chi connectivity index (χ3v) is 5.89. The Morgan fingerprint density at radius 2 is 1.97 bits per heavy atom. The predicted molar refractivity (Wildman–Crippen MR) is 134 cm³/mol. The van der Waals surface area contributed by atoms with Crippen molar-refractivity contribution in [3.05, 3.63) is 93.8 Å². The number of fused-ring (bicyclic) bond motifs is 1. The van der Waals surface area contributed by atoms with E-state index in [1.54, 1.807) is 24.6 Å². The largest absolute Gasteiger partial charge is 0.496 e. The van der Waals surface area contributed by atoms with E-state index in [0.29, 0.717) is 6.61 Å². The van der Waals surface area contributed by atoms with Crippen molar-refractivity contribution < 1.29 is 9.47 Å². The zero-order valence-corrected chi connectivity index (χ0v) is 18.8. The van der Waals surface area contributed by atoms with Crippen molar-refractivity contribution in [2.24, 2.45) is 0 Å². The number of rotatable bonds is 8. The van der Waals surface area contributed by atoms with Gasteiger partial charge in [-0.2, -0.15) is 5.10 Å². The Labute approximate surface area is 195 Å². The number of ether oxygens (including phenoxy) is 2. The Morgan fingerprint density at radius 3 is 2.85 bits per heavy atom. The number of aromatic nitrogens is 4. The first-order valence-corrected chi connectivity index (χ1v) is 11.3. The molecule has 0 bridgehead atoms. The van der Waals surface area contributed by atoms with Crippen molar-refractivity contribution in [2.45, 2.75) is 6.61 Å². The fourth-order valence-electron chi connectivity index (χ4n) is 3.44. The molecule has 0 atom stereocenters. The van der Waals surface area contributed by atoms with E-state index in [-0.39, 0.29) is 0 Å². The van der Waals surface area contributed by atoms with Crippen LogP contribution in [0.25, 0.3) is 35.2 Å². The maximum Gasteiger partial charge on any atom is 0.140 e. The lowest BCUT2D eigenvalue weighted by molar-refractivity contribution is 0.303. The van der Waals surface area contributed by atoms with Gasteiger partial charge in [-0.05, 0) is 59.5 Å². The number of H-pyrrole nitrogens is 2. The summed E-state index contributed by atoms with van der Waals surface area (Å²) in [6.45, 7) is 0.444. The number of nitrogens with zero attached hydrogens (tertiary/aromatic N) is 2. The van der Waals surface area contributed by atoms with Crippen LogP contribution >= 0.6 is 11.3 Å². The molecular weight excluding hydrogens is 432 g/mol. The SMILES string of the molecule is COc1cc(OCc2nccs2)ccc1C=Cc1cc(C=Cc2ccc3cc[nH]c3c2)n[nH]1. The standard InChI is InChI=1S/C26H22N4O2S/c1-31-25-16-23(32-17-26-28-12-13-33-26)9-6-20(25)5-8-22-15-21(29-30-22)7-3-18-2-4-19-10-11-27-24(19)14-18/h2-16,27H,17H2,1H3,(H,29,30). The predicted octanol–water partition coefficient (Wildman–Crippen LogP) is 6.28. The van der Waals surface area contributed by atoms with E-state index in [4.69, 9.17) is 9.47 Å². The maximum atomic E-state index is 5.81.